The molecule has 0 saturated carbocycles. The van der Waals surface area contributed by atoms with E-state index in [9.17, 15) is 9.59 Å². The fourth-order valence-electron chi connectivity index (χ4n) is 2.08. The molecular weight excluding hydrogens is 328 g/mol. The Morgan fingerprint density at radius 1 is 1.12 bits per heavy atom. The number of hydrogen-bond donors (Lipinski definition) is 2. The molecule has 2 amide bonds. The number of hydrogen-bond acceptors (Lipinski definition) is 3. The van der Waals surface area contributed by atoms with Crippen LogP contribution in [0, 0.1) is 6.92 Å². The van der Waals surface area contributed by atoms with Crippen molar-refractivity contribution in [1.29, 1.82) is 0 Å². The van der Waals surface area contributed by atoms with Crippen molar-refractivity contribution >= 4 is 29.1 Å². The van der Waals surface area contributed by atoms with Crippen molar-refractivity contribution in [2.45, 2.75) is 20.0 Å². The van der Waals surface area contributed by atoms with E-state index in [0.29, 0.717) is 22.0 Å². The highest BCUT2D eigenvalue weighted by Gasteiger charge is 2.16. The average Bonchev–Trinajstić information content (AvgIpc) is 2.57. The number of halogens is 1. The molecule has 126 valence electrons. The van der Waals surface area contributed by atoms with E-state index in [1.165, 1.54) is 0 Å². The number of rotatable bonds is 5. The summed E-state index contributed by atoms with van der Waals surface area (Å²) in [4.78, 5) is 23.7. The van der Waals surface area contributed by atoms with Gasteiger partial charge in [-0.05, 0) is 61.9 Å². The van der Waals surface area contributed by atoms with Gasteiger partial charge in [0.1, 0.15) is 5.75 Å². The van der Waals surface area contributed by atoms with Gasteiger partial charge in [-0.25, -0.2) is 0 Å². The fourth-order valence-corrected chi connectivity index (χ4v) is 2.31. The Morgan fingerprint density at radius 3 is 2.38 bits per heavy atom. The summed E-state index contributed by atoms with van der Waals surface area (Å²) in [6.07, 6.45) is -0.677. The van der Waals surface area contributed by atoms with Crippen LogP contribution in [0.4, 0.5) is 5.69 Å². The van der Waals surface area contributed by atoms with Gasteiger partial charge in [-0.15, -0.1) is 0 Å². The fraction of sp³-hybridized carbons (Fsp3) is 0.222. The molecule has 2 N–H and O–H groups in total. The van der Waals surface area contributed by atoms with Gasteiger partial charge in [-0.1, -0.05) is 11.6 Å². The second-order valence-corrected chi connectivity index (χ2v) is 5.75. The van der Waals surface area contributed by atoms with Crippen LogP contribution in [0.5, 0.6) is 5.75 Å². The van der Waals surface area contributed by atoms with Gasteiger partial charge in [0.2, 0.25) is 0 Å². The Labute approximate surface area is 146 Å². The van der Waals surface area contributed by atoms with Crippen LogP contribution >= 0.6 is 11.6 Å². The van der Waals surface area contributed by atoms with Crippen LogP contribution in [0.25, 0.3) is 0 Å². The Hall–Kier alpha value is -2.53. The van der Waals surface area contributed by atoms with Gasteiger partial charge in [-0.2, -0.15) is 0 Å². The van der Waals surface area contributed by atoms with Gasteiger partial charge in [0.25, 0.3) is 11.8 Å². The van der Waals surface area contributed by atoms with Crippen LogP contribution in [0.1, 0.15) is 22.8 Å². The number of anilines is 1. The molecule has 0 aliphatic rings. The van der Waals surface area contributed by atoms with E-state index >= 15 is 0 Å². The maximum atomic E-state index is 12.2. The first-order valence-corrected chi connectivity index (χ1v) is 7.84. The van der Waals surface area contributed by atoms with Gasteiger partial charge in [0.05, 0.1) is 0 Å². The van der Waals surface area contributed by atoms with E-state index in [1.54, 1.807) is 56.4 Å². The maximum absolute atomic E-state index is 12.2. The van der Waals surface area contributed by atoms with Crippen LogP contribution in [0.3, 0.4) is 0 Å². The SMILES string of the molecule is CNC(=O)c1ccc(NC(=O)C(C)Oc2ccc(Cl)cc2C)cc1. The molecule has 2 rings (SSSR count). The summed E-state index contributed by atoms with van der Waals surface area (Å²) in [7, 11) is 1.57. The van der Waals surface area contributed by atoms with Crippen molar-refractivity contribution in [3.8, 4) is 5.75 Å². The van der Waals surface area contributed by atoms with E-state index < -0.39 is 6.10 Å². The number of carbonyl (C=O) groups is 2. The Morgan fingerprint density at radius 2 is 1.79 bits per heavy atom. The second kappa shape index (κ2) is 7.84. The van der Waals surface area contributed by atoms with E-state index in [2.05, 4.69) is 10.6 Å². The average molecular weight is 347 g/mol. The summed E-state index contributed by atoms with van der Waals surface area (Å²) in [5, 5.41) is 5.91. The number of nitrogens with one attached hydrogen (secondary N) is 2. The molecular formula is C18H19ClN2O3. The molecule has 1 atom stereocenters. The summed E-state index contributed by atoms with van der Waals surface area (Å²) in [5.74, 6) is 0.150. The minimum absolute atomic E-state index is 0.178. The highest BCUT2D eigenvalue weighted by Crippen LogP contribution is 2.23. The van der Waals surface area contributed by atoms with Crippen molar-refractivity contribution in [3.63, 3.8) is 0 Å². The Balaban J connectivity index is 1.99. The monoisotopic (exact) mass is 346 g/mol. The number of carbonyl (C=O) groups excluding carboxylic acids is 2. The van der Waals surface area contributed by atoms with Crippen LogP contribution in [-0.2, 0) is 4.79 Å². The van der Waals surface area contributed by atoms with Crippen LogP contribution < -0.4 is 15.4 Å². The first kappa shape index (κ1) is 17.8. The molecule has 0 fully saturated rings. The van der Waals surface area contributed by atoms with Crippen molar-refractivity contribution in [2.24, 2.45) is 0 Å². The van der Waals surface area contributed by atoms with Crippen molar-refractivity contribution in [1.82, 2.24) is 5.32 Å². The smallest absolute Gasteiger partial charge is 0.265 e. The topological polar surface area (TPSA) is 67.4 Å². The largest absolute Gasteiger partial charge is 0.481 e. The molecule has 0 aliphatic carbocycles. The first-order chi connectivity index (χ1) is 11.4. The van der Waals surface area contributed by atoms with Gasteiger partial charge >= 0.3 is 0 Å². The van der Waals surface area contributed by atoms with Crippen LogP contribution in [-0.4, -0.2) is 25.0 Å². The third-order valence-electron chi connectivity index (χ3n) is 3.45. The quantitative estimate of drug-likeness (QED) is 0.871. The van der Waals surface area contributed by atoms with Gasteiger partial charge in [-0.3, -0.25) is 9.59 Å². The van der Waals surface area contributed by atoms with E-state index in [1.807, 2.05) is 6.92 Å². The number of aryl methyl sites for hydroxylation is 1. The number of amides is 2. The van der Waals surface area contributed by atoms with Crippen molar-refractivity contribution < 1.29 is 14.3 Å². The minimum Gasteiger partial charge on any atom is -0.481 e. The number of benzene rings is 2. The zero-order valence-electron chi connectivity index (χ0n) is 13.7. The Kier molecular flexibility index (Phi) is 5.82. The molecule has 0 heterocycles. The van der Waals surface area contributed by atoms with Gasteiger partial charge < -0.3 is 15.4 Å². The second-order valence-electron chi connectivity index (χ2n) is 5.32. The lowest BCUT2D eigenvalue weighted by atomic mass is 10.2. The molecule has 2 aromatic rings. The standard InChI is InChI=1S/C18H19ClN2O3/c1-11-10-14(19)6-9-16(11)24-12(2)17(22)21-15-7-4-13(5-8-15)18(23)20-3/h4-10,12H,1-3H3,(H,20,23)(H,21,22). The molecule has 1 unspecified atom stereocenters. The lowest BCUT2D eigenvalue weighted by Crippen LogP contribution is -2.30. The summed E-state index contributed by atoms with van der Waals surface area (Å²) >= 11 is 5.91. The third-order valence-corrected chi connectivity index (χ3v) is 3.69. The molecule has 0 spiro atoms. The molecule has 0 aromatic heterocycles. The summed E-state index contributed by atoms with van der Waals surface area (Å²) in [6, 6.07) is 11.8. The molecule has 24 heavy (non-hydrogen) atoms. The zero-order chi connectivity index (χ0) is 17.7. The zero-order valence-corrected chi connectivity index (χ0v) is 14.5. The molecule has 5 nitrogen and oxygen atoms in total. The normalized spacial score (nSPS) is 11.5. The third kappa shape index (κ3) is 4.49. The highest BCUT2D eigenvalue weighted by molar-refractivity contribution is 6.30. The predicted molar refractivity (Wildman–Crippen MR) is 94.7 cm³/mol. The molecule has 0 aliphatic heterocycles. The molecule has 0 bridgehead atoms. The van der Waals surface area contributed by atoms with Crippen molar-refractivity contribution in [3.05, 3.63) is 58.6 Å². The van der Waals surface area contributed by atoms with Crippen molar-refractivity contribution in [2.75, 3.05) is 12.4 Å². The Bertz CT molecular complexity index is 744. The summed E-state index contributed by atoms with van der Waals surface area (Å²) in [5.41, 5.74) is 1.98. The van der Waals surface area contributed by atoms with Crippen LogP contribution in [0.15, 0.2) is 42.5 Å². The molecule has 0 radical (unpaired) electrons. The van der Waals surface area contributed by atoms with Gasteiger partial charge in [0, 0.05) is 23.3 Å². The highest BCUT2D eigenvalue weighted by atomic mass is 35.5. The van der Waals surface area contributed by atoms with E-state index in [4.69, 9.17) is 16.3 Å². The molecule has 0 saturated heterocycles. The lowest BCUT2D eigenvalue weighted by Gasteiger charge is -2.16. The summed E-state index contributed by atoms with van der Waals surface area (Å²) in [6.45, 7) is 3.53. The molecule has 2 aromatic carbocycles. The summed E-state index contributed by atoms with van der Waals surface area (Å²) < 4.78 is 5.68. The predicted octanol–water partition coefficient (Wildman–Crippen LogP) is 3.41. The van der Waals surface area contributed by atoms with E-state index in [-0.39, 0.29) is 11.8 Å². The minimum atomic E-state index is -0.677. The van der Waals surface area contributed by atoms with E-state index in [0.717, 1.165) is 5.56 Å². The van der Waals surface area contributed by atoms with Crippen LogP contribution in [0.2, 0.25) is 5.02 Å². The first-order valence-electron chi connectivity index (χ1n) is 7.46. The number of ether oxygens (including phenoxy) is 1. The lowest BCUT2D eigenvalue weighted by molar-refractivity contribution is -0.122. The van der Waals surface area contributed by atoms with Gasteiger partial charge in [0.15, 0.2) is 6.10 Å². The maximum Gasteiger partial charge on any atom is 0.265 e. The molecule has 6 heteroatoms.